The fourth-order valence-corrected chi connectivity index (χ4v) is 10.3. The van der Waals surface area contributed by atoms with Gasteiger partial charge in [-0.2, -0.15) is 5.06 Å². The first kappa shape index (κ1) is 99.5. The van der Waals surface area contributed by atoms with Crippen molar-refractivity contribution in [2.75, 3.05) is 100 Å². The van der Waals surface area contributed by atoms with Gasteiger partial charge in [-0.1, -0.05) is 55.4 Å². The summed E-state index contributed by atoms with van der Waals surface area (Å²) in [6.45, 7) is 57.3. The molecule has 0 radical (unpaired) electrons. The smallest absolute Gasteiger partial charge is 0.250 e. The zero-order valence-corrected chi connectivity index (χ0v) is 70.4. The third kappa shape index (κ3) is 54.1. The van der Waals surface area contributed by atoms with Crippen molar-refractivity contribution < 1.29 is 41.2 Å². The predicted octanol–water partition coefficient (Wildman–Crippen LogP) is 13.5. The zero-order chi connectivity index (χ0) is 76.8. The van der Waals surface area contributed by atoms with Gasteiger partial charge in [0.2, 0.25) is 23.6 Å². The van der Waals surface area contributed by atoms with E-state index in [1.54, 1.807) is 22.0 Å². The average Bonchev–Trinajstić information content (AvgIpc) is 1.17. The molecule has 8 fully saturated rings. The van der Waals surface area contributed by atoms with Crippen LogP contribution in [0.4, 0.5) is 8.78 Å². The first-order valence-corrected chi connectivity index (χ1v) is 40.2. The van der Waals surface area contributed by atoms with E-state index < -0.39 is 15.8 Å². The highest BCUT2D eigenvalue weighted by Crippen LogP contribution is 2.60. The molecule has 2 bridgehead atoms. The van der Waals surface area contributed by atoms with Crippen LogP contribution in [0.25, 0.3) is 0 Å². The Balaban J connectivity index is -0.00000103. The molecule has 0 unspecified atom stereocenters. The Kier molecular flexibility index (Phi) is 51.5. The van der Waals surface area contributed by atoms with Crippen LogP contribution < -0.4 is 21.3 Å². The Bertz CT molecular complexity index is 2160. The number of hydrogen-bond donors (Lipinski definition) is 4. The van der Waals surface area contributed by atoms with Crippen molar-refractivity contribution >= 4 is 33.5 Å². The number of nitrogens with one attached hydrogen (secondary N) is 4. The summed E-state index contributed by atoms with van der Waals surface area (Å²) in [5.41, 5.74) is 0.420. The van der Waals surface area contributed by atoms with Crippen LogP contribution >= 0.6 is 0 Å². The number of sulfone groups is 1. The number of alkyl halides is 2. The van der Waals surface area contributed by atoms with Crippen molar-refractivity contribution in [2.45, 2.75) is 347 Å². The first-order chi connectivity index (χ1) is 44.9. The van der Waals surface area contributed by atoms with Gasteiger partial charge in [-0.3, -0.25) is 29.0 Å². The van der Waals surface area contributed by atoms with E-state index in [4.69, 9.17) is 4.84 Å². The van der Waals surface area contributed by atoms with Gasteiger partial charge in [-0.25, -0.2) is 17.2 Å². The van der Waals surface area contributed by atoms with E-state index in [0.717, 1.165) is 48.2 Å². The highest BCUT2D eigenvalue weighted by atomic mass is 32.2. The highest BCUT2D eigenvalue weighted by Gasteiger charge is 2.59. The van der Waals surface area contributed by atoms with Crippen LogP contribution in [0.15, 0.2) is 0 Å². The summed E-state index contributed by atoms with van der Waals surface area (Å²) in [6, 6.07) is 5.47. The number of halogens is 2. The quantitative estimate of drug-likeness (QED) is 0.0600. The van der Waals surface area contributed by atoms with Crippen LogP contribution in [-0.2, 0) is 33.9 Å². The molecular weight excluding hydrogens is 1260 g/mol. The number of carbonyl (C=O) groups excluding carboxylic acids is 4. The van der Waals surface area contributed by atoms with E-state index in [0.29, 0.717) is 74.4 Å². The van der Waals surface area contributed by atoms with E-state index in [9.17, 15) is 36.4 Å². The van der Waals surface area contributed by atoms with Crippen LogP contribution in [0.1, 0.15) is 269 Å². The molecule has 7 saturated carbocycles. The SMILES string of the molecule is CC(=O)NC(C)C.CC(C)CNC1CC1.CC(C)N(C)C(=O)CN(C)C1CC1.CC(C)N(C)C12CC(C1)C2.CC(C)N(CC1CC1)CC1CC1.CC(C)N1CCC(F)(F)CC1.CC(C)NC(=O)C(C)(C)C.CC(C)NCCS(C)(=O)=O.CCCC(=O)N(C)C(C)C.CON(C)C(C)C. The normalized spacial score (nSPS) is 19.1. The van der Waals surface area contributed by atoms with Crippen LogP contribution in [0.3, 0.4) is 0 Å². The molecule has 1 saturated heterocycles. The molecule has 0 aromatic carbocycles. The van der Waals surface area contributed by atoms with Gasteiger partial charge in [0.15, 0.2) is 0 Å². The van der Waals surface area contributed by atoms with Crippen LogP contribution in [0.5, 0.6) is 0 Å². The second-order valence-electron chi connectivity index (χ2n) is 33.3. The summed E-state index contributed by atoms with van der Waals surface area (Å²) < 4.78 is 46.4. The molecule has 1 heterocycles. The Hall–Kier alpha value is -2.63. The standard InChI is InChI=1S/C11H21N.C10H20N2O.C9H17N.C8H15F2N.2C8H17NO.C7H15N.C6H15NO2S.C5H13NO.C5H11NO/c1-9(2)12(7-10-3-4-10)8-11-5-6-11;1-8(2)12(4)10(13)7-11(3)9-5-6-9;1-7(2)10(3)9-4-8(5-9)6-9;1-7(2)11-5-3-8(9,10)4-6-11;1-6(2)9-7(10)8(3,4)5;1-5-6-8(10)9(4)7(2)3;1-6(2)5-8-7-3-4-7;1-6(2)7-4-5-10(3,8)9;1-5(2)6(3)7-4;1-4(2)6-5(3)7/h9-11H,3-8H2,1-2H3;8-9H,5-7H2,1-4H3;7-8H,4-6H2,1-3H3;7H,3-6H2,1-2H3;6H,1-5H3,(H,9,10);7H,5-6H2,1-4H3;6-8H,3-5H2,1-2H3;6-7H,4-5H2,1-3H3;5H,1-4H3;4H,1-3H3,(H,6,7). The fourth-order valence-electron chi connectivity index (χ4n) is 9.79. The highest BCUT2D eigenvalue weighted by molar-refractivity contribution is 7.90. The Morgan fingerprint density at radius 3 is 1.31 bits per heavy atom. The second-order valence-corrected chi connectivity index (χ2v) is 35.6. The molecule has 0 aromatic rings. The summed E-state index contributed by atoms with van der Waals surface area (Å²) in [4.78, 5) is 62.0. The first-order valence-electron chi connectivity index (χ1n) is 38.2. The minimum absolute atomic E-state index is 0.0329. The van der Waals surface area contributed by atoms with E-state index in [2.05, 4.69) is 103 Å². The maximum Gasteiger partial charge on any atom is 0.250 e. The van der Waals surface area contributed by atoms with Gasteiger partial charge in [-0.15, -0.1) is 0 Å². The van der Waals surface area contributed by atoms with Gasteiger partial charge >= 0.3 is 0 Å². The zero-order valence-electron chi connectivity index (χ0n) is 69.6. The topological polar surface area (TPSA) is 182 Å². The molecule has 8 rings (SSSR count). The summed E-state index contributed by atoms with van der Waals surface area (Å²) >= 11 is 0. The van der Waals surface area contributed by atoms with Gasteiger partial charge in [0.25, 0.3) is 5.92 Å². The lowest BCUT2D eigenvalue weighted by molar-refractivity contribution is -0.144. The second kappa shape index (κ2) is 50.7. The molecule has 586 valence electrons. The fraction of sp³-hybridized carbons (Fsp3) is 0.948. The third-order valence-corrected chi connectivity index (χ3v) is 19.2. The van der Waals surface area contributed by atoms with E-state index >= 15 is 0 Å². The van der Waals surface area contributed by atoms with Gasteiger partial charge in [0.1, 0.15) is 9.84 Å². The molecule has 7 aliphatic carbocycles. The summed E-state index contributed by atoms with van der Waals surface area (Å²) in [5, 5.41) is 13.8. The number of likely N-dealkylation sites (tertiary alicyclic amines) is 1. The molecule has 18 nitrogen and oxygen atoms in total. The van der Waals surface area contributed by atoms with E-state index in [1.165, 1.54) is 103 Å². The van der Waals surface area contributed by atoms with Gasteiger partial charge in [0, 0.05) is 164 Å². The number of likely N-dealkylation sites (N-methyl/N-ethyl adjacent to an activating group) is 2. The van der Waals surface area contributed by atoms with Crippen molar-refractivity contribution in [3.63, 3.8) is 0 Å². The lowest BCUT2D eigenvalue weighted by Gasteiger charge is -2.67. The van der Waals surface area contributed by atoms with Crippen LogP contribution in [0, 0.1) is 29.1 Å². The Morgan fingerprint density at radius 2 is 1.07 bits per heavy atom. The van der Waals surface area contributed by atoms with E-state index in [1.807, 2.05) is 139 Å². The maximum atomic E-state index is 12.6. The Labute approximate surface area is 604 Å². The largest absolute Gasteiger partial charge is 0.354 e. The number of hydrogen-bond acceptors (Lipinski definition) is 14. The number of amides is 4. The number of rotatable bonds is 26. The van der Waals surface area contributed by atoms with Crippen molar-refractivity contribution in [3.8, 4) is 0 Å². The number of piperidine rings is 1. The molecule has 0 aromatic heterocycles. The summed E-state index contributed by atoms with van der Waals surface area (Å²) in [6.07, 6.45) is 18.7. The molecule has 98 heavy (non-hydrogen) atoms. The van der Waals surface area contributed by atoms with Crippen molar-refractivity contribution in [3.05, 3.63) is 0 Å². The lowest BCUT2D eigenvalue weighted by atomic mass is 9.49. The lowest BCUT2D eigenvalue weighted by Crippen LogP contribution is -2.68. The number of hydroxylamine groups is 2. The van der Waals surface area contributed by atoms with E-state index in [-0.39, 0.29) is 59.7 Å². The minimum atomic E-state index is -2.78. The van der Waals surface area contributed by atoms with Crippen LogP contribution in [0.2, 0.25) is 0 Å². The molecule has 4 N–H and O–H groups in total. The predicted molar refractivity (Wildman–Crippen MR) is 413 cm³/mol. The maximum absolute atomic E-state index is 12.6. The van der Waals surface area contributed by atoms with Crippen molar-refractivity contribution in [2.24, 2.45) is 29.1 Å². The monoisotopic (exact) mass is 1420 g/mol. The van der Waals surface area contributed by atoms with Crippen molar-refractivity contribution in [1.82, 2.24) is 55.7 Å². The number of carbonyl (C=O) groups is 4. The van der Waals surface area contributed by atoms with Crippen molar-refractivity contribution in [1.29, 1.82) is 0 Å². The summed E-state index contributed by atoms with van der Waals surface area (Å²) in [7, 11) is 8.82. The Morgan fingerprint density at radius 1 is 0.622 bits per heavy atom. The van der Waals surface area contributed by atoms with Crippen LogP contribution in [-0.4, -0.2) is 245 Å². The third-order valence-electron chi connectivity index (χ3n) is 18.3. The molecule has 21 heteroatoms. The average molecular weight is 1420 g/mol. The van der Waals surface area contributed by atoms with Gasteiger partial charge in [0.05, 0.1) is 19.4 Å². The molecule has 4 amide bonds. The molecular formula is C77H161F2N11O7S. The molecule has 8 aliphatic rings. The summed E-state index contributed by atoms with van der Waals surface area (Å²) in [5.74, 6) is 2.50. The minimum Gasteiger partial charge on any atom is -0.354 e. The van der Waals surface area contributed by atoms with Gasteiger partial charge in [-0.05, 0) is 232 Å². The number of nitrogens with zero attached hydrogens (tertiary/aromatic N) is 7. The molecule has 0 spiro atoms. The van der Waals surface area contributed by atoms with Gasteiger partial charge < -0.3 is 45.7 Å². The molecule has 0 atom stereocenters. The molecule has 1 aliphatic heterocycles.